The first-order valence-corrected chi connectivity index (χ1v) is 6.86. The van der Waals surface area contributed by atoms with Crippen molar-refractivity contribution < 1.29 is 14.3 Å². The molecule has 0 aliphatic heterocycles. The van der Waals surface area contributed by atoms with Gasteiger partial charge in [-0.3, -0.25) is 4.79 Å². The third kappa shape index (κ3) is 2.95. The molecule has 1 aromatic rings. The lowest BCUT2D eigenvalue weighted by atomic mass is 9.91. The van der Waals surface area contributed by atoms with Crippen LogP contribution in [-0.4, -0.2) is 37.6 Å². The van der Waals surface area contributed by atoms with E-state index in [4.69, 9.17) is 9.47 Å². The van der Waals surface area contributed by atoms with E-state index in [-0.39, 0.29) is 5.91 Å². The Morgan fingerprint density at radius 2 is 2.25 bits per heavy atom. The Kier molecular flexibility index (Phi) is 4.66. The predicted octanol–water partition coefficient (Wildman–Crippen LogP) is 2.88. The SMILES string of the molecule is C=CCOc1cc(OC)ccc1C(=O)N(C)C1CCC1. The number of hydrogen-bond acceptors (Lipinski definition) is 3. The maximum absolute atomic E-state index is 12.5. The molecule has 1 aliphatic carbocycles. The lowest BCUT2D eigenvalue weighted by Crippen LogP contribution is -2.41. The Balaban J connectivity index is 2.23. The van der Waals surface area contributed by atoms with E-state index in [0.717, 1.165) is 12.8 Å². The molecule has 0 spiro atoms. The van der Waals surface area contributed by atoms with Crippen molar-refractivity contribution in [3.05, 3.63) is 36.4 Å². The predicted molar refractivity (Wildman–Crippen MR) is 78.4 cm³/mol. The van der Waals surface area contributed by atoms with Crippen molar-refractivity contribution in [3.8, 4) is 11.5 Å². The van der Waals surface area contributed by atoms with Gasteiger partial charge in [0.05, 0.1) is 12.7 Å². The maximum Gasteiger partial charge on any atom is 0.257 e. The molecule has 0 heterocycles. The Labute approximate surface area is 120 Å². The molecule has 0 saturated heterocycles. The first-order valence-electron chi connectivity index (χ1n) is 6.86. The molecule has 0 N–H and O–H groups in total. The largest absolute Gasteiger partial charge is 0.497 e. The summed E-state index contributed by atoms with van der Waals surface area (Å²) in [4.78, 5) is 14.4. The van der Waals surface area contributed by atoms with Gasteiger partial charge >= 0.3 is 0 Å². The highest BCUT2D eigenvalue weighted by Crippen LogP contribution is 2.29. The van der Waals surface area contributed by atoms with Crippen LogP contribution in [0.4, 0.5) is 0 Å². The zero-order valence-corrected chi connectivity index (χ0v) is 12.1. The molecule has 1 saturated carbocycles. The van der Waals surface area contributed by atoms with E-state index in [1.807, 2.05) is 11.9 Å². The van der Waals surface area contributed by atoms with Gasteiger partial charge < -0.3 is 14.4 Å². The highest BCUT2D eigenvalue weighted by Gasteiger charge is 2.28. The third-order valence-electron chi connectivity index (χ3n) is 3.72. The summed E-state index contributed by atoms with van der Waals surface area (Å²) in [5, 5.41) is 0. The van der Waals surface area contributed by atoms with E-state index in [1.165, 1.54) is 6.42 Å². The minimum atomic E-state index is -0.00332. The van der Waals surface area contributed by atoms with Gasteiger partial charge in [-0.05, 0) is 31.4 Å². The summed E-state index contributed by atoms with van der Waals surface area (Å²) >= 11 is 0. The van der Waals surface area contributed by atoms with E-state index in [0.29, 0.717) is 29.7 Å². The van der Waals surface area contributed by atoms with Crippen LogP contribution in [0.1, 0.15) is 29.6 Å². The van der Waals surface area contributed by atoms with Crippen molar-refractivity contribution in [2.45, 2.75) is 25.3 Å². The van der Waals surface area contributed by atoms with Crippen molar-refractivity contribution >= 4 is 5.91 Å². The fourth-order valence-electron chi connectivity index (χ4n) is 2.20. The molecule has 2 rings (SSSR count). The maximum atomic E-state index is 12.5. The molecule has 1 amide bonds. The third-order valence-corrected chi connectivity index (χ3v) is 3.72. The van der Waals surface area contributed by atoms with Crippen LogP contribution < -0.4 is 9.47 Å². The van der Waals surface area contributed by atoms with Crippen LogP contribution in [0.2, 0.25) is 0 Å². The minimum absolute atomic E-state index is 0.00332. The van der Waals surface area contributed by atoms with Crippen molar-refractivity contribution in [1.29, 1.82) is 0 Å². The topological polar surface area (TPSA) is 38.8 Å². The molecule has 0 radical (unpaired) electrons. The Morgan fingerprint density at radius 1 is 1.50 bits per heavy atom. The van der Waals surface area contributed by atoms with E-state index in [1.54, 1.807) is 31.4 Å². The summed E-state index contributed by atoms with van der Waals surface area (Å²) in [7, 11) is 3.45. The van der Waals surface area contributed by atoms with Gasteiger partial charge in [0, 0.05) is 19.2 Å². The molecule has 0 unspecified atom stereocenters. The average Bonchev–Trinajstić information content (AvgIpc) is 2.42. The first-order chi connectivity index (χ1) is 9.67. The van der Waals surface area contributed by atoms with Crippen molar-refractivity contribution in [1.82, 2.24) is 4.90 Å². The van der Waals surface area contributed by atoms with E-state index < -0.39 is 0 Å². The second kappa shape index (κ2) is 6.46. The average molecular weight is 275 g/mol. The fraction of sp³-hybridized carbons (Fsp3) is 0.438. The standard InChI is InChI=1S/C16H21NO3/c1-4-10-20-15-11-13(19-3)8-9-14(15)16(18)17(2)12-6-5-7-12/h4,8-9,11-12H,1,5-7,10H2,2-3H3. The lowest BCUT2D eigenvalue weighted by Gasteiger charge is -2.35. The second-order valence-electron chi connectivity index (χ2n) is 4.96. The van der Waals surface area contributed by atoms with Gasteiger partial charge in [-0.2, -0.15) is 0 Å². The molecule has 20 heavy (non-hydrogen) atoms. The molecule has 4 heteroatoms. The summed E-state index contributed by atoms with van der Waals surface area (Å²) < 4.78 is 10.8. The number of rotatable bonds is 6. The number of amides is 1. The number of carbonyl (C=O) groups is 1. The number of methoxy groups -OCH3 is 1. The van der Waals surface area contributed by atoms with E-state index in [9.17, 15) is 4.79 Å². The monoisotopic (exact) mass is 275 g/mol. The molecule has 1 fully saturated rings. The summed E-state index contributed by atoms with van der Waals surface area (Å²) in [6.07, 6.45) is 5.02. The summed E-state index contributed by atoms with van der Waals surface area (Å²) in [5.74, 6) is 1.21. The molecule has 0 bridgehead atoms. The number of ether oxygens (including phenoxy) is 2. The van der Waals surface area contributed by atoms with Gasteiger partial charge in [0.2, 0.25) is 0 Å². The molecule has 0 atom stereocenters. The zero-order chi connectivity index (χ0) is 14.5. The van der Waals surface area contributed by atoms with Crippen LogP contribution in [0.25, 0.3) is 0 Å². The molecular formula is C16H21NO3. The number of hydrogen-bond donors (Lipinski definition) is 0. The minimum Gasteiger partial charge on any atom is -0.497 e. The van der Waals surface area contributed by atoms with Gasteiger partial charge in [-0.1, -0.05) is 12.7 Å². The van der Waals surface area contributed by atoms with Crippen molar-refractivity contribution in [2.24, 2.45) is 0 Å². The Hall–Kier alpha value is -1.97. The number of nitrogens with zero attached hydrogens (tertiary/aromatic N) is 1. The molecule has 0 aromatic heterocycles. The van der Waals surface area contributed by atoms with Gasteiger partial charge in [-0.25, -0.2) is 0 Å². The summed E-state index contributed by atoms with van der Waals surface area (Å²) in [6.45, 7) is 3.99. The lowest BCUT2D eigenvalue weighted by molar-refractivity contribution is 0.0648. The Morgan fingerprint density at radius 3 is 2.80 bits per heavy atom. The normalized spacial score (nSPS) is 14.3. The Bertz CT molecular complexity index is 494. The zero-order valence-electron chi connectivity index (χ0n) is 12.1. The van der Waals surface area contributed by atoms with Crippen LogP contribution in [-0.2, 0) is 0 Å². The summed E-state index contributed by atoms with van der Waals surface area (Å²) in [6, 6.07) is 5.64. The first kappa shape index (κ1) is 14.4. The summed E-state index contributed by atoms with van der Waals surface area (Å²) in [5.41, 5.74) is 0.571. The van der Waals surface area contributed by atoms with Gasteiger partial charge in [-0.15, -0.1) is 0 Å². The fourth-order valence-corrected chi connectivity index (χ4v) is 2.20. The molecule has 1 aromatic carbocycles. The number of carbonyl (C=O) groups excluding carboxylic acids is 1. The van der Waals surface area contributed by atoms with Gasteiger partial charge in [0.15, 0.2) is 0 Å². The van der Waals surface area contributed by atoms with Crippen molar-refractivity contribution in [3.63, 3.8) is 0 Å². The van der Waals surface area contributed by atoms with Crippen LogP contribution in [0.3, 0.4) is 0 Å². The van der Waals surface area contributed by atoms with Crippen LogP contribution in [0.5, 0.6) is 11.5 Å². The smallest absolute Gasteiger partial charge is 0.257 e. The van der Waals surface area contributed by atoms with Crippen LogP contribution in [0.15, 0.2) is 30.9 Å². The molecule has 108 valence electrons. The van der Waals surface area contributed by atoms with Crippen LogP contribution in [0, 0.1) is 0 Å². The van der Waals surface area contributed by atoms with Crippen molar-refractivity contribution in [2.75, 3.05) is 20.8 Å². The van der Waals surface area contributed by atoms with E-state index in [2.05, 4.69) is 6.58 Å². The molecule has 4 nitrogen and oxygen atoms in total. The highest BCUT2D eigenvalue weighted by molar-refractivity contribution is 5.97. The molecular weight excluding hydrogens is 254 g/mol. The number of benzene rings is 1. The van der Waals surface area contributed by atoms with Gasteiger partial charge in [0.1, 0.15) is 18.1 Å². The quantitative estimate of drug-likeness (QED) is 0.749. The van der Waals surface area contributed by atoms with E-state index >= 15 is 0 Å². The second-order valence-corrected chi connectivity index (χ2v) is 4.96. The molecule has 1 aliphatic rings. The highest BCUT2D eigenvalue weighted by atomic mass is 16.5. The van der Waals surface area contributed by atoms with Gasteiger partial charge in [0.25, 0.3) is 5.91 Å². The van der Waals surface area contributed by atoms with Crippen LogP contribution >= 0.6 is 0 Å².